The lowest BCUT2D eigenvalue weighted by Gasteiger charge is -2.15. The summed E-state index contributed by atoms with van der Waals surface area (Å²) in [5.41, 5.74) is 6.90. The first-order valence-corrected chi connectivity index (χ1v) is 6.27. The van der Waals surface area contributed by atoms with Gasteiger partial charge in [0, 0.05) is 16.1 Å². The van der Waals surface area contributed by atoms with Gasteiger partial charge in [0.15, 0.2) is 6.10 Å². The molecule has 3 nitrogen and oxygen atoms in total. The summed E-state index contributed by atoms with van der Waals surface area (Å²) in [6, 6.07) is 14.9. The Bertz CT molecular complexity index is 598. The molecule has 0 aliphatic heterocycles. The Labute approximate surface area is 117 Å². The molecule has 0 spiro atoms. The molecule has 2 aromatic carbocycles. The first-order chi connectivity index (χ1) is 9.09. The highest BCUT2D eigenvalue weighted by molar-refractivity contribution is 6.33. The van der Waals surface area contributed by atoms with Gasteiger partial charge in [-0.25, -0.2) is 0 Å². The number of halogens is 1. The number of hydrogen-bond donors (Lipinski definition) is 1. The van der Waals surface area contributed by atoms with Crippen molar-refractivity contribution in [3.63, 3.8) is 0 Å². The van der Waals surface area contributed by atoms with E-state index >= 15 is 0 Å². The van der Waals surface area contributed by atoms with Crippen LogP contribution in [-0.2, 0) is 4.79 Å². The van der Waals surface area contributed by atoms with Crippen LogP contribution in [0.1, 0.15) is 6.92 Å². The van der Waals surface area contributed by atoms with Crippen LogP contribution >= 0.6 is 11.6 Å². The third-order valence-corrected chi connectivity index (χ3v) is 3.09. The fourth-order valence-electron chi connectivity index (χ4n) is 1.72. The van der Waals surface area contributed by atoms with Crippen molar-refractivity contribution in [3.05, 3.63) is 53.6 Å². The monoisotopic (exact) mass is 275 g/mol. The summed E-state index contributed by atoms with van der Waals surface area (Å²) in [6.07, 6.45) is -0.691. The van der Waals surface area contributed by atoms with Crippen molar-refractivity contribution in [2.45, 2.75) is 13.0 Å². The van der Waals surface area contributed by atoms with Crippen LogP contribution in [0.2, 0.25) is 5.02 Å². The molecule has 0 saturated carbocycles. The van der Waals surface area contributed by atoms with Crippen molar-refractivity contribution in [1.29, 1.82) is 0 Å². The molecule has 0 saturated heterocycles. The third kappa shape index (κ3) is 3.06. The van der Waals surface area contributed by atoms with E-state index in [4.69, 9.17) is 22.1 Å². The van der Waals surface area contributed by atoms with Crippen LogP contribution in [-0.4, -0.2) is 12.0 Å². The fraction of sp³-hybridized carbons (Fsp3) is 0.133. The highest BCUT2D eigenvalue weighted by Gasteiger charge is 2.14. The Balaban J connectivity index is 2.42. The minimum absolute atomic E-state index is 0.506. The quantitative estimate of drug-likeness (QED) is 0.931. The van der Waals surface area contributed by atoms with E-state index in [-0.39, 0.29) is 0 Å². The molecule has 98 valence electrons. The first-order valence-electron chi connectivity index (χ1n) is 5.89. The largest absolute Gasteiger partial charge is 0.480 e. The summed E-state index contributed by atoms with van der Waals surface area (Å²) in [5, 5.41) is 0.630. The molecule has 0 heterocycles. The smallest absolute Gasteiger partial charge is 0.258 e. The maximum atomic E-state index is 11.1. The molecular formula is C15H14ClNO2. The van der Waals surface area contributed by atoms with E-state index in [0.717, 1.165) is 11.1 Å². The van der Waals surface area contributed by atoms with Crippen molar-refractivity contribution in [2.24, 2.45) is 5.73 Å². The minimum Gasteiger partial charge on any atom is -0.480 e. The van der Waals surface area contributed by atoms with Crippen molar-refractivity contribution in [1.82, 2.24) is 0 Å². The molecule has 19 heavy (non-hydrogen) atoms. The average molecular weight is 276 g/mol. The van der Waals surface area contributed by atoms with Gasteiger partial charge in [-0.3, -0.25) is 4.79 Å². The molecule has 0 aliphatic carbocycles. The normalized spacial score (nSPS) is 11.9. The van der Waals surface area contributed by atoms with E-state index in [9.17, 15) is 4.79 Å². The molecule has 4 heteroatoms. The number of para-hydroxylation sites is 1. The SMILES string of the molecule is C[C@H](Oc1ccccc1-c1ccccc1Cl)C(N)=O. The first kappa shape index (κ1) is 13.4. The van der Waals surface area contributed by atoms with Gasteiger partial charge in [0.2, 0.25) is 0 Å². The lowest BCUT2D eigenvalue weighted by molar-refractivity contribution is -0.123. The van der Waals surface area contributed by atoms with E-state index < -0.39 is 12.0 Å². The van der Waals surface area contributed by atoms with Crippen LogP contribution in [0.5, 0.6) is 5.75 Å². The predicted molar refractivity (Wildman–Crippen MR) is 76.2 cm³/mol. The summed E-state index contributed by atoms with van der Waals surface area (Å²) >= 11 is 6.18. The third-order valence-electron chi connectivity index (χ3n) is 2.76. The number of benzene rings is 2. The van der Waals surface area contributed by atoms with Gasteiger partial charge < -0.3 is 10.5 Å². The number of hydrogen-bond acceptors (Lipinski definition) is 2. The molecule has 2 N–H and O–H groups in total. The van der Waals surface area contributed by atoms with Crippen LogP contribution in [0.4, 0.5) is 0 Å². The van der Waals surface area contributed by atoms with Gasteiger partial charge in [-0.15, -0.1) is 0 Å². The summed E-state index contributed by atoms with van der Waals surface area (Å²) in [6.45, 7) is 1.62. The molecule has 0 radical (unpaired) electrons. The maximum Gasteiger partial charge on any atom is 0.258 e. The van der Waals surface area contributed by atoms with Crippen molar-refractivity contribution in [3.8, 4) is 16.9 Å². The number of carbonyl (C=O) groups is 1. The lowest BCUT2D eigenvalue weighted by Crippen LogP contribution is -2.30. The minimum atomic E-state index is -0.691. The van der Waals surface area contributed by atoms with Gasteiger partial charge >= 0.3 is 0 Å². The van der Waals surface area contributed by atoms with Gasteiger partial charge in [-0.05, 0) is 19.1 Å². The summed E-state index contributed by atoms with van der Waals surface area (Å²) in [4.78, 5) is 11.1. The molecule has 0 bridgehead atoms. The van der Waals surface area contributed by atoms with Crippen LogP contribution in [0, 0.1) is 0 Å². The standard InChI is InChI=1S/C15H14ClNO2/c1-10(15(17)18)19-14-9-5-3-7-12(14)11-6-2-4-8-13(11)16/h2-10H,1H3,(H2,17,18)/t10-/m0/s1. The Morgan fingerprint density at radius 1 is 1.11 bits per heavy atom. The molecule has 0 unspecified atom stereocenters. The van der Waals surface area contributed by atoms with Crippen LogP contribution in [0.25, 0.3) is 11.1 Å². The fourth-order valence-corrected chi connectivity index (χ4v) is 1.96. The van der Waals surface area contributed by atoms with Gasteiger partial charge in [-0.1, -0.05) is 48.0 Å². The number of primary amides is 1. The van der Waals surface area contributed by atoms with Crippen LogP contribution < -0.4 is 10.5 Å². The molecule has 0 aliphatic rings. The molecule has 2 aromatic rings. The van der Waals surface area contributed by atoms with E-state index in [0.29, 0.717) is 10.8 Å². The predicted octanol–water partition coefficient (Wildman–Crippen LogP) is 3.26. The van der Waals surface area contributed by atoms with Crippen molar-refractivity contribution >= 4 is 17.5 Å². The van der Waals surface area contributed by atoms with E-state index in [2.05, 4.69) is 0 Å². The maximum absolute atomic E-state index is 11.1. The van der Waals surface area contributed by atoms with E-state index in [1.807, 2.05) is 42.5 Å². The number of rotatable bonds is 4. The second-order valence-corrected chi connectivity index (χ2v) is 4.55. The Morgan fingerprint density at radius 2 is 1.68 bits per heavy atom. The van der Waals surface area contributed by atoms with Crippen LogP contribution in [0.15, 0.2) is 48.5 Å². The van der Waals surface area contributed by atoms with Crippen LogP contribution in [0.3, 0.4) is 0 Å². The second-order valence-electron chi connectivity index (χ2n) is 4.14. The summed E-state index contributed by atoms with van der Waals surface area (Å²) < 4.78 is 5.58. The number of amides is 1. The average Bonchev–Trinajstić information content (AvgIpc) is 2.40. The van der Waals surface area contributed by atoms with Gasteiger partial charge in [0.05, 0.1) is 0 Å². The molecule has 1 atom stereocenters. The van der Waals surface area contributed by atoms with Crippen molar-refractivity contribution < 1.29 is 9.53 Å². The zero-order valence-corrected chi connectivity index (χ0v) is 11.2. The molecule has 0 fully saturated rings. The van der Waals surface area contributed by atoms with E-state index in [1.54, 1.807) is 13.0 Å². The van der Waals surface area contributed by atoms with E-state index in [1.165, 1.54) is 0 Å². The topological polar surface area (TPSA) is 52.3 Å². The molecule has 0 aromatic heterocycles. The summed E-state index contributed by atoms with van der Waals surface area (Å²) in [5.74, 6) is 0.0795. The molecule has 1 amide bonds. The Kier molecular flexibility index (Phi) is 4.07. The highest BCUT2D eigenvalue weighted by atomic mass is 35.5. The lowest BCUT2D eigenvalue weighted by atomic mass is 10.0. The Morgan fingerprint density at radius 3 is 2.32 bits per heavy atom. The van der Waals surface area contributed by atoms with Gasteiger partial charge in [0.25, 0.3) is 5.91 Å². The Hall–Kier alpha value is -2.00. The zero-order valence-electron chi connectivity index (χ0n) is 10.5. The van der Waals surface area contributed by atoms with Crippen molar-refractivity contribution in [2.75, 3.05) is 0 Å². The second kappa shape index (κ2) is 5.76. The number of ether oxygens (including phenoxy) is 1. The van der Waals surface area contributed by atoms with Gasteiger partial charge in [-0.2, -0.15) is 0 Å². The molecule has 2 rings (SSSR count). The highest BCUT2D eigenvalue weighted by Crippen LogP contribution is 2.34. The van der Waals surface area contributed by atoms with Gasteiger partial charge in [0.1, 0.15) is 5.75 Å². The summed E-state index contributed by atoms with van der Waals surface area (Å²) in [7, 11) is 0. The number of nitrogens with two attached hydrogens (primary N) is 1. The zero-order chi connectivity index (χ0) is 13.8. The number of carbonyl (C=O) groups excluding carboxylic acids is 1. The molecular weight excluding hydrogens is 262 g/mol.